The first kappa shape index (κ1) is 18.7. The molecule has 2 aromatic carbocycles. The Morgan fingerprint density at radius 1 is 1.15 bits per heavy atom. The van der Waals surface area contributed by atoms with Crippen LogP contribution in [0.1, 0.15) is 32.9 Å². The number of nitrogens with zero attached hydrogens (tertiary/aromatic N) is 2. The molecule has 0 radical (unpaired) electrons. The minimum Gasteiger partial charge on any atom is -0.398 e. The van der Waals surface area contributed by atoms with Crippen LogP contribution in [0.3, 0.4) is 0 Å². The molecular formula is C21H21ClN4O. The summed E-state index contributed by atoms with van der Waals surface area (Å²) < 4.78 is 2.10. The van der Waals surface area contributed by atoms with Gasteiger partial charge < -0.3 is 10.3 Å². The Balaban J connectivity index is 1.82. The Kier molecular flexibility index (Phi) is 5.33. The minimum absolute atomic E-state index is 0.344. The van der Waals surface area contributed by atoms with Gasteiger partial charge in [-0.05, 0) is 56.7 Å². The predicted molar refractivity (Wildman–Crippen MR) is 111 cm³/mol. The van der Waals surface area contributed by atoms with Crippen molar-refractivity contribution in [2.45, 2.75) is 20.8 Å². The van der Waals surface area contributed by atoms with Crippen molar-refractivity contribution in [3.63, 3.8) is 0 Å². The standard InChI is InChI=1S/C21H21ClN4O/c1-13-8-9-17(11-19(13)22)26-14(2)10-16(15(26)3)12-24-25-21(27)18-6-4-5-7-20(18)23/h4-12H,23H2,1-3H3,(H,25,27)/b24-12-. The van der Waals surface area contributed by atoms with Gasteiger partial charge >= 0.3 is 0 Å². The van der Waals surface area contributed by atoms with E-state index in [4.69, 9.17) is 17.3 Å². The van der Waals surface area contributed by atoms with Crippen LogP contribution in [0.5, 0.6) is 0 Å². The minimum atomic E-state index is -0.344. The summed E-state index contributed by atoms with van der Waals surface area (Å²) in [6.45, 7) is 5.99. The molecule has 0 bridgehead atoms. The van der Waals surface area contributed by atoms with E-state index < -0.39 is 0 Å². The topological polar surface area (TPSA) is 72.4 Å². The third kappa shape index (κ3) is 3.88. The van der Waals surface area contributed by atoms with Crippen molar-refractivity contribution < 1.29 is 4.79 Å². The van der Waals surface area contributed by atoms with Gasteiger partial charge in [0.1, 0.15) is 0 Å². The number of carbonyl (C=O) groups excluding carboxylic acids is 1. The highest BCUT2D eigenvalue weighted by atomic mass is 35.5. The summed E-state index contributed by atoms with van der Waals surface area (Å²) in [4.78, 5) is 12.2. The summed E-state index contributed by atoms with van der Waals surface area (Å²) in [7, 11) is 0. The molecule has 0 aliphatic heterocycles. The van der Waals surface area contributed by atoms with Gasteiger partial charge in [-0.15, -0.1) is 0 Å². The highest BCUT2D eigenvalue weighted by Gasteiger charge is 2.11. The fourth-order valence-electron chi connectivity index (χ4n) is 2.96. The number of rotatable bonds is 4. The van der Waals surface area contributed by atoms with Crippen molar-refractivity contribution in [3.05, 3.63) is 81.6 Å². The lowest BCUT2D eigenvalue weighted by Crippen LogP contribution is -2.19. The third-order valence-corrected chi connectivity index (χ3v) is 4.87. The third-order valence-electron chi connectivity index (χ3n) is 4.46. The highest BCUT2D eigenvalue weighted by Crippen LogP contribution is 2.24. The molecule has 5 nitrogen and oxygen atoms in total. The summed E-state index contributed by atoms with van der Waals surface area (Å²) >= 11 is 6.27. The number of nitrogens with two attached hydrogens (primary N) is 1. The molecule has 6 heteroatoms. The van der Waals surface area contributed by atoms with E-state index in [1.807, 2.05) is 45.0 Å². The number of halogens is 1. The van der Waals surface area contributed by atoms with Gasteiger partial charge in [0.25, 0.3) is 5.91 Å². The number of nitrogens with one attached hydrogen (secondary N) is 1. The lowest BCUT2D eigenvalue weighted by molar-refractivity contribution is 0.0956. The van der Waals surface area contributed by atoms with Crippen LogP contribution in [0.2, 0.25) is 5.02 Å². The molecular weight excluding hydrogens is 360 g/mol. The van der Waals surface area contributed by atoms with Gasteiger partial charge in [-0.1, -0.05) is 29.8 Å². The Morgan fingerprint density at radius 2 is 1.89 bits per heavy atom. The molecule has 0 unspecified atom stereocenters. The van der Waals surface area contributed by atoms with E-state index >= 15 is 0 Å². The maximum atomic E-state index is 12.2. The summed E-state index contributed by atoms with van der Waals surface area (Å²) in [5.74, 6) is -0.344. The van der Waals surface area contributed by atoms with E-state index in [9.17, 15) is 4.79 Å². The molecule has 3 N–H and O–H groups in total. The van der Waals surface area contributed by atoms with Crippen molar-refractivity contribution in [1.29, 1.82) is 0 Å². The zero-order valence-corrected chi connectivity index (χ0v) is 16.2. The first-order chi connectivity index (χ1) is 12.9. The molecule has 0 atom stereocenters. The number of aryl methyl sites for hydroxylation is 2. The lowest BCUT2D eigenvalue weighted by atomic mass is 10.2. The normalized spacial score (nSPS) is 11.1. The smallest absolute Gasteiger partial charge is 0.273 e. The fraction of sp³-hybridized carbons (Fsp3) is 0.143. The van der Waals surface area contributed by atoms with Crippen molar-refractivity contribution >= 4 is 29.4 Å². The largest absolute Gasteiger partial charge is 0.398 e. The van der Waals surface area contributed by atoms with Gasteiger partial charge in [0, 0.05) is 33.3 Å². The molecule has 1 heterocycles. The number of benzene rings is 2. The van der Waals surface area contributed by atoms with Crippen LogP contribution in [0, 0.1) is 20.8 Å². The van der Waals surface area contributed by atoms with Gasteiger partial charge in [-0.2, -0.15) is 5.10 Å². The highest BCUT2D eigenvalue weighted by molar-refractivity contribution is 6.31. The molecule has 0 fully saturated rings. The summed E-state index contributed by atoms with van der Waals surface area (Å²) in [6, 6.07) is 14.9. The van der Waals surface area contributed by atoms with Crippen LogP contribution >= 0.6 is 11.6 Å². The van der Waals surface area contributed by atoms with Gasteiger partial charge in [-0.25, -0.2) is 5.43 Å². The Morgan fingerprint density at radius 3 is 2.59 bits per heavy atom. The van der Waals surface area contributed by atoms with Crippen LogP contribution < -0.4 is 11.2 Å². The summed E-state index contributed by atoms with van der Waals surface area (Å²) in [6.07, 6.45) is 1.63. The molecule has 0 aliphatic rings. The van der Waals surface area contributed by atoms with E-state index in [2.05, 4.69) is 15.1 Å². The van der Waals surface area contributed by atoms with Gasteiger partial charge in [-0.3, -0.25) is 4.79 Å². The monoisotopic (exact) mass is 380 g/mol. The number of para-hydroxylation sites is 1. The average molecular weight is 381 g/mol. The second kappa shape index (κ2) is 7.68. The molecule has 0 saturated heterocycles. The van der Waals surface area contributed by atoms with E-state index in [1.165, 1.54) is 0 Å². The Bertz CT molecular complexity index is 1040. The van der Waals surface area contributed by atoms with Crippen molar-refractivity contribution in [1.82, 2.24) is 9.99 Å². The summed E-state index contributed by atoms with van der Waals surface area (Å²) in [5, 5.41) is 4.81. The molecule has 3 rings (SSSR count). The molecule has 0 saturated carbocycles. The molecule has 0 spiro atoms. The number of anilines is 1. The summed E-state index contributed by atoms with van der Waals surface area (Å²) in [5.41, 5.74) is 14.1. The molecule has 138 valence electrons. The van der Waals surface area contributed by atoms with Crippen LogP contribution in [-0.4, -0.2) is 16.7 Å². The van der Waals surface area contributed by atoms with E-state index in [0.717, 1.165) is 33.2 Å². The zero-order chi connectivity index (χ0) is 19.6. The number of hydrogen-bond donors (Lipinski definition) is 2. The number of amides is 1. The number of nitrogen functional groups attached to an aromatic ring is 1. The van der Waals surface area contributed by atoms with Crippen molar-refractivity contribution in [3.8, 4) is 5.69 Å². The number of carbonyl (C=O) groups is 1. The van der Waals surface area contributed by atoms with Crippen molar-refractivity contribution in [2.24, 2.45) is 5.10 Å². The average Bonchev–Trinajstić information content (AvgIpc) is 2.91. The molecule has 1 aromatic heterocycles. The number of aromatic nitrogens is 1. The van der Waals surface area contributed by atoms with E-state index in [-0.39, 0.29) is 5.91 Å². The van der Waals surface area contributed by atoms with Crippen LogP contribution in [-0.2, 0) is 0 Å². The maximum Gasteiger partial charge on any atom is 0.273 e. The zero-order valence-electron chi connectivity index (χ0n) is 15.5. The second-order valence-electron chi connectivity index (χ2n) is 6.38. The van der Waals surface area contributed by atoms with Gasteiger partial charge in [0.2, 0.25) is 0 Å². The quantitative estimate of drug-likeness (QED) is 0.400. The number of hydrazone groups is 1. The fourth-order valence-corrected chi connectivity index (χ4v) is 3.14. The van der Waals surface area contributed by atoms with Crippen LogP contribution in [0.15, 0.2) is 53.6 Å². The van der Waals surface area contributed by atoms with E-state index in [1.54, 1.807) is 30.5 Å². The van der Waals surface area contributed by atoms with Crippen molar-refractivity contribution in [2.75, 3.05) is 5.73 Å². The van der Waals surface area contributed by atoms with Crippen LogP contribution in [0.25, 0.3) is 5.69 Å². The maximum absolute atomic E-state index is 12.2. The Hall–Kier alpha value is -3.05. The first-order valence-electron chi connectivity index (χ1n) is 8.52. The molecule has 27 heavy (non-hydrogen) atoms. The first-order valence-corrected chi connectivity index (χ1v) is 8.89. The molecule has 0 aliphatic carbocycles. The predicted octanol–water partition coefficient (Wildman–Crippen LogP) is 4.40. The van der Waals surface area contributed by atoms with Gasteiger partial charge in [0.15, 0.2) is 0 Å². The van der Waals surface area contributed by atoms with Gasteiger partial charge in [0.05, 0.1) is 11.8 Å². The van der Waals surface area contributed by atoms with E-state index in [0.29, 0.717) is 11.3 Å². The molecule has 1 amide bonds. The second-order valence-corrected chi connectivity index (χ2v) is 6.79. The molecule has 3 aromatic rings. The van der Waals surface area contributed by atoms with Crippen LogP contribution in [0.4, 0.5) is 5.69 Å². The SMILES string of the molecule is Cc1ccc(-n2c(C)cc(/C=N\NC(=O)c3ccccc3N)c2C)cc1Cl. The lowest BCUT2D eigenvalue weighted by Gasteiger charge is -2.11. The Labute approximate surface area is 163 Å². The number of hydrogen-bond acceptors (Lipinski definition) is 3.